The van der Waals surface area contributed by atoms with Crippen molar-refractivity contribution >= 4 is 38.6 Å². The molecule has 5 nitrogen and oxygen atoms in total. The number of carboxylic acids is 1. The van der Waals surface area contributed by atoms with Crippen molar-refractivity contribution < 1.29 is 14.7 Å². The van der Waals surface area contributed by atoms with Crippen LogP contribution in [0.25, 0.3) is 10.2 Å². The zero-order valence-corrected chi connectivity index (χ0v) is 13.8. The monoisotopic (exact) mass is 329 g/mol. The van der Waals surface area contributed by atoms with Crippen LogP contribution in [0.1, 0.15) is 25.3 Å². The third-order valence-corrected chi connectivity index (χ3v) is 5.10. The number of aryl methyl sites for hydroxylation is 1. The van der Waals surface area contributed by atoms with Crippen LogP contribution in [0.4, 0.5) is 5.13 Å². The molecule has 0 radical (unpaired) electrons. The number of aliphatic carboxylic acids is 1. The largest absolute Gasteiger partial charge is 0.550 e. The van der Waals surface area contributed by atoms with Crippen LogP contribution >= 0.6 is 11.3 Å². The van der Waals surface area contributed by atoms with Gasteiger partial charge in [0, 0.05) is 11.9 Å². The smallest absolute Gasteiger partial charge is 0.230 e. The van der Waals surface area contributed by atoms with E-state index in [0.29, 0.717) is 18.0 Å². The molecule has 1 amide bonds. The molecule has 0 unspecified atom stereocenters. The molecule has 3 rings (SSSR count). The van der Waals surface area contributed by atoms with Crippen LogP contribution in [-0.4, -0.2) is 16.9 Å². The van der Waals surface area contributed by atoms with E-state index in [2.05, 4.69) is 10.3 Å². The number of carbonyl (C=O) groups is 2. The molecule has 6 heteroatoms. The van der Waals surface area contributed by atoms with E-state index in [1.807, 2.05) is 38.1 Å². The molecule has 2 aromatic rings. The number of thiazole rings is 1. The molecule has 0 spiro atoms. The SMILES string of the molecule is CC1=CC[C@@H](C(=O)[O-])[C@@H](C(=O)Nc2nc3ccc(C)cc3s2)C1. The van der Waals surface area contributed by atoms with Crippen LogP contribution in [0.5, 0.6) is 0 Å². The van der Waals surface area contributed by atoms with Crippen molar-refractivity contribution in [3.8, 4) is 0 Å². The number of benzene rings is 1. The zero-order valence-electron chi connectivity index (χ0n) is 13.0. The second kappa shape index (κ2) is 6.12. The molecule has 0 bridgehead atoms. The van der Waals surface area contributed by atoms with Gasteiger partial charge in [0.05, 0.1) is 16.1 Å². The van der Waals surface area contributed by atoms with Crippen molar-refractivity contribution in [2.45, 2.75) is 26.7 Å². The number of nitrogens with one attached hydrogen (secondary N) is 1. The Morgan fingerprint density at radius 3 is 2.83 bits per heavy atom. The van der Waals surface area contributed by atoms with Gasteiger partial charge in [-0.1, -0.05) is 29.1 Å². The Morgan fingerprint density at radius 2 is 2.09 bits per heavy atom. The Labute approximate surface area is 138 Å². The van der Waals surface area contributed by atoms with E-state index in [0.717, 1.165) is 21.4 Å². The topological polar surface area (TPSA) is 82.1 Å². The van der Waals surface area contributed by atoms with Crippen molar-refractivity contribution in [2.75, 3.05) is 5.32 Å². The highest BCUT2D eigenvalue weighted by molar-refractivity contribution is 7.22. The van der Waals surface area contributed by atoms with E-state index in [1.165, 1.54) is 11.3 Å². The van der Waals surface area contributed by atoms with Gasteiger partial charge in [-0.2, -0.15) is 0 Å². The summed E-state index contributed by atoms with van der Waals surface area (Å²) in [5.41, 5.74) is 2.98. The minimum absolute atomic E-state index is 0.303. The summed E-state index contributed by atoms with van der Waals surface area (Å²) in [6.45, 7) is 3.91. The van der Waals surface area contributed by atoms with Gasteiger partial charge in [0.25, 0.3) is 0 Å². The third kappa shape index (κ3) is 3.27. The molecule has 1 heterocycles. The number of amides is 1. The third-order valence-electron chi connectivity index (χ3n) is 4.16. The Morgan fingerprint density at radius 1 is 1.30 bits per heavy atom. The summed E-state index contributed by atoms with van der Waals surface area (Å²) in [6, 6.07) is 5.89. The van der Waals surface area contributed by atoms with Gasteiger partial charge in [0.15, 0.2) is 5.13 Å². The van der Waals surface area contributed by atoms with Crippen molar-refractivity contribution in [1.29, 1.82) is 0 Å². The van der Waals surface area contributed by atoms with Crippen molar-refractivity contribution in [3.05, 3.63) is 35.4 Å². The first-order chi connectivity index (χ1) is 10.9. The molecule has 1 aromatic heterocycles. The van der Waals surface area contributed by atoms with E-state index in [9.17, 15) is 14.7 Å². The number of allylic oxidation sites excluding steroid dienone is 2. The van der Waals surface area contributed by atoms with E-state index < -0.39 is 17.8 Å². The van der Waals surface area contributed by atoms with Crippen LogP contribution in [0, 0.1) is 18.8 Å². The fraction of sp³-hybridized carbons (Fsp3) is 0.353. The average molecular weight is 329 g/mol. The van der Waals surface area contributed by atoms with Crippen LogP contribution in [0.3, 0.4) is 0 Å². The molecule has 23 heavy (non-hydrogen) atoms. The van der Waals surface area contributed by atoms with E-state index >= 15 is 0 Å². The van der Waals surface area contributed by atoms with Crippen LogP contribution in [0.15, 0.2) is 29.8 Å². The fourth-order valence-electron chi connectivity index (χ4n) is 2.88. The summed E-state index contributed by atoms with van der Waals surface area (Å²) in [6.07, 6.45) is 2.64. The fourth-order valence-corrected chi connectivity index (χ4v) is 3.85. The minimum atomic E-state index is -1.17. The summed E-state index contributed by atoms with van der Waals surface area (Å²) in [5.74, 6) is -2.87. The van der Waals surface area contributed by atoms with Gasteiger partial charge in [-0.3, -0.25) is 4.79 Å². The predicted molar refractivity (Wildman–Crippen MR) is 88.0 cm³/mol. The lowest BCUT2D eigenvalue weighted by atomic mass is 9.79. The first kappa shape index (κ1) is 15.7. The number of nitrogens with zero attached hydrogens (tertiary/aromatic N) is 1. The Balaban J connectivity index is 1.81. The standard InChI is InChI=1S/C17H18N2O3S/c1-9-3-5-11(16(21)22)12(7-9)15(20)19-17-18-13-6-4-10(2)8-14(13)23-17/h3-4,6,8,11-12H,5,7H2,1-2H3,(H,21,22)(H,18,19,20)/p-1/t11-,12+/m1/s1. The van der Waals surface area contributed by atoms with E-state index in [1.54, 1.807) is 0 Å². The number of hydrogen-bond donors (Lipinski definition) is 1. The number of hydrogen-bond acceptors (Lipinski definition) is 5. The van der Waals surface area contributed by atoms with Crippen molar-refractivity contribution in [3.63, 3.8) is 0 Å². The summed E-state index contributed by atoms with van der Waals surface area (Å²) >= 11 is 1.39. The second-order valence-electron chi connectivity index (χ2n) is 6.00. The summed E-state index contributed by atoms with van der Waals surface area (Å²) in [5, 5.41) is 14.5. The average Bonchev–Trinajstić information content (AvgIpc) is 2.88. The highest BCUT2D eigenvalue weighted by Gasteiger charge is 2.32. The van der Waals surface area contributed by atoms with Gasteiger partial charge in [-0.25, -0.2) is 4.98 Å². The Bertz CT molecular complexity index is 809. The summed E-state index contributed by atoms with van der Waals surface area (Å²) < 4.78 is 0.997. The summed E-state index contributed by atoms with van der Waals surface area (Å²) in [7, 11) is 0. The van der Waals surface area contributed by atoms with Gasteiger partial charge in [-0.05, 0) is 44.4 Å². The number of carboxylic acid groups (broad SMARTS) is 1. The maximum atomic E-state index is 12.5. The molecule has 0 saturated carbocycles. The molecular weight excluding hydrogens is 312 g/mol. The van der Waals surface area contributed by atoms with Gasteiger partial charge < -0.3 is 15.2 Å². The molecule has 2 atom stereocenters. The molecule has 120 valence electrons. The summed E-state index contributed by atoms with van der Waals surface area (Å²) in [4.78, 5) is 28.2. The molecule has 0 aliphatic heterocycles. The van der Waals surface area contributed by atoms with Gasteiger partial charge in [0.1, 0.15) is 0 Å². The highest BCUT2D eigenvalue weighted by atomic mass is 32.1. The number of anilines is 1. The van der Waals surface area contributed by atoms with Gasteiger partial charge in [0.2, 0.25) is 5.91 Å². The number of rotatable bonds is 3. The minimum Gasteiger partial charge on any atom is -0.550 e. The van der Waals surface area contributed by atoms with Gasteiger partial charge >= 0.3 is 0 Å². The lowest BCUT2D eigenvalue weighted by molar-refractivity contribution is -0.313. The molecule has 0 fully saturated rings. The lowest BCUT2D eigenvalue weighted by Crippen LogP contribution is -2.42. The molecule has 1 aromatic carbocycles. The first-order valence-electron chi connectivity index (χ1n) is 7.48. The Kier molecular flexibility index (Phi) is 4.17. The highest BCUT2D eigenvalue weighted by Crippen LogP contribution is 2.32. The van der Waals surface area contributed by atoms with Crippen molar-refractivity contribution in [1.82, 2.24) is 4.98 Å². The first-order valence-corrected chi connectivity index (χ1v) is 8.30. The predicted octanol–water partition coefficient (Wildman–Crippen LogP) is 2.27. The number of aromatic nitrogens is 1. The van der Waals surface area contributed by atoms with Crippen LogP contribution in [0.2, 0.25) is 0 Å². The zero-order chi connectivity index (χ0) is 16.6. The number of fused-ring (bicyclic) bond motifs is 1. The van der Waals surface area contributed by atoms with E-state index in [-0.39, 0.29) is 5.91 Å². The normalized spacial score (nSPS) is 21.0. The van der Waals surface area contributed by atoms with Gasteiger partial charge in [-0.15, -0.1) is 0 Å². The van der Waals surface area contributed by atoms with Crippen LogP contribution in [-0.2, 0) is 9.59 Å². The maximum absolute atomic E-state index is 12.5. The molecule has 1 aliphatic carbocycles. The maximum Gasteiger partial charge on any atom is 0.230 e. The van der Waals surface area contributed by atoms with Crippen LogP contribution < -0.4 is 10.4 Å². The van der Waals surface area contributed by atoms with E-state index in [4.69, 9.17) is 0 Å². The van der Waals surface area contributed by atoms with Crippen molar-refractivity contribution in [2.24, 2.45) is 11.8 Å². The quantitative estimate of drug-likeness (QED) is 0.876. The Hall–Kier alpha value is -2.21. The molecular formula is C17H17N2O3S-. The second-order valence-corrected chi connectivity index (χ2v) is 7.03. The molecule has 0 saturated heterocycles. The number of carbonyl (C=O) groups excluding carboxylic acids is 2. The molecule has 1 N–H and O–H groups in total. The lowest BCUT2D eigenvalue weighted by Gasteiger charge is -2.29. The molecule has 1 aliphatic rings.